The van der Waals surface area contributed by atoms with Gasteiger partial charge < -0.3 is 21.2 Å². The van der Waals surface area contributed by atoms with E-state index in [0.717, 1.165) is 21.5 Å². The van der Waals surface area contributed by atoms with Crippen molar-refractivity contribution in [3.8, 4) is 11.1 Å². The number of hydrogen-bond donors (Lipinski definition) is 4. The van der Waals surface area contributed by atoms with Gasteiger partial charge in [0.05, 0.1) is 16.7 Å². The second-order valence-electron chi connectivity index (χ2n) is 12.2. The Labute approximate surface area is 256 Å². The van der Waals surface area contributed by atoms with Gasteiger partial charge in [-0.2, -0.15) is 5.10 Å². The Hall–Kier alpha value is -4.11. The fourth-order valence-electron chi connectivity index (χ4n) is 6.67. The van der Waals surface area contributed by atoms with E-state index < -0.39 is 22.8 Å². The van der Waals surface area contributed by atoms with Crippen LogP contribution in [-0.2, 0) is 16.0 Å². The number of pyridine rings is 1. The maximum Gasteiger partial charge on any atom is 0.309 e. The van der Waals surface area contributed by atoms with Gasteiger partial charge in [-0.1, -0.05) is 41.9 Å². The molecule has 10 heteroatoms. The first kappa shape index (κ1) is 30.4. The number of amides is 1. The minimum Gasteiger partial charge on any atom is -0.481 e. The number of carbonyl (C=O) groups excluding carboxylic acids is 1. The molecule has 1 aromatic heterocycles. The molecule has 1 heterocycles. The minimum atomic E-state index is -0.731. The van der Waals surface area contributed by atoms with Gasteiger partial charge in [0, 0.05) is 33.0 Å². The topological polar surface area (TPSA) is 132 Å². The van der Waals surface area contributed by atoms with Crippen LogP contribution in [0.1, 0.15) is 69.5 Å². The van der Waals surface area contributed by atoms with Crippen LogP contribution >= 0.6 is 11.6 Å². The van der Waals surface area contributed by atoms with Crippen molar-refractivity contribution in [3.63, 3.8) is 0 Å². The lowest BCUT2D eigenvalue weighted by Crippen LogP contribution is -2.59. The molecular weight excluding hydrogens is 566 g/mol. The van der Waals surface area contributed by atoms with Gasteiger partial charge in [-0.15, -0.1) is 0 Å². The van der Waals surface area contributed by atoms with Crippen LogP contribution in [0.4, 0.5) is 5.69 Å². The summed E-state index contributed by atoms with van der Waals surface area (Å²) in [7, 11) is 0. The molecule has 1 atom stereocenters. The molecule has 0 radical (unpaired) electrons. The average Bonchev–Trinajstić information content (AvgIpc) is 3.00. The third-order valence-corrected chi connectivity index (χ3v) is 9.53. The summed E-state index contributed by atoms with van der Waals surface area (Å²) in [5, 5.41) is 28.7. The summed E-state index contributed by atoms with van der Waals surface area (Å²) in [6.45, 7) is 4.03. The first-order chi connectivity index (χ1) is 20.6. The van der Waals surface area contributed by atoms with E-state index in [2.05, 4.69) is 10.4 Å². The molecule has 6 rings (SSSR count). The number of benzene rings is 2. The zero-order valence-electron chi connectivity index (χ0n) is 24.5. The number of carboxylic acid groups (broad SMARTS) is 1. The molecule has 5 N–H and O–H groups in total. The van der Waals surface area contributed by atoms with Gasteiger partial charge in [0.1, 0.15) is 12.3 Å². The third-order valence-electron chi connectivity index (χ3n) is 9.30. The first-order valence-corrected chi connectivity index (χ1v) is 15.1. The molecule has 1 unspecified atom stereocenters. The lowest BCUT2D eigenvalue weighted by atomic mass is 9.57. The SMILES string of the molecule is CC(C)N(/C=N\N)c1ccc(Cl)cc1-c1ccc(C(Cc2ccccc2)C(=O)NC23CCC(C(=O)O)(CC2)CC3)[n+](O)c1. The van der Waals surface area contributed by atoms with Crippen LogP contribution in [-0.4, -0.2) is 40.1 Å². The molecule has 3 aliphatic rings. The van der Waals surface area contributed by atoms with Crippen molar-refractivity contribution in [2.24, 2.45) is 16.4 Å². The Balaban J connectivity index is 1.48. The molecule has 3 aliphatic carbocycles. The summed E-state index contributed by atoms with van der Waals surface area (Å²) in [6, 6.07) is 18.9. The highest BCUT2D eigenvalue weighted by atomic mass is 35.5. The summed E-state index contributed by atoms with van der Waals surface area (Å²) < 4.78 is 1.03. The van der Waals surface area contributed by atoms with E-state index in [1.807, 2.05) is 67.3 Å². The highest BCUT2D eigenvalue weighted by molar-refractivity contribution is 6.31. The van der Waals surface area contributed by atoms with Crippen molar-refractivity contribution in [1.82, 2.24) is 5.32 Å². The van der Waals surface area contributed by atoms with Crippen LogP contribution in [0.2, 0.25) is 5.02 Å². The molecule has 0 spiro atoms. The van der Waals surface area contributed by atoms with Crippen molar-refractivity contribution in [2.75, 3.05) is 4.90 Å². The monoisotopic (exact) mass is 604 g/mol. The Morgan fingerprint density at radius 1 is 1.07 bits per heavy atom. The van der Waals surface area contributed by atoms with Crippen LogP contribution in [0.3, 0.4) is 0 Å². The van der Waals surface area contributed by atoms with Crippen molar-refractivity contribution in [1.29, 1.82) is 0 Å². The van der Waals surface area contributed by atoms with E-state index in [1.54, 1.807) is 24.7 Å². The van der Waals surface area contributed by atoms with Crippen LogP contribution in [0.15, 0.2) is 72.0 Å². The molecule has 9 nitrogen and oxygen atoms in total. The van der Waals surface area contributed by atoms with Gasteiger partial charge >= 0.3 is 5.97 Å². The molecule has 3 fully saturated rings. The van der Waals surface area contributed by atoms with Crippen molar-refractivity contribution in [3.05, 3.63) is 83.1 Å². The summed E-state index contributed by atoms with van der Waals surface area (Å²) in [6.07, 6.45) is 7.12. The van der Waals surface area contributed by atoms with Crippen molar-refractivity contribution < 1.29 is 24.6 Å². The number of hydrazone groups is 1. The molecule has 0 aliphatic heterocycles. The Kier molecular flexibility index (Phi) is 8.64. The van der Waals surface area contributed by atoms with Crippen molar-refractivity contribution >= 4 is 35.5 Å². The number of carboxylic acids is 1. The number of nitrogens with zero attached hydrogens (tertiary/aromatic N) is 3. The minimum absolute atomic E-state index is 0.0475. The number of aliphatic carboxylic acids is 1. The molecule has 2 bridgehead atoms. The van der Waals surface area contributed by atoms with E-state index in [4.69, 9.17) is 17.4 Å². The number of nitrogens with one attached hydrogen (secondary N) is 1. The van der Waals surface area contributed by atoms with Gasteiger partial charge in [-0.3, -0.25) is 14.8 Å². The molecule has 3 aromatic rings. The van der Waals surface area contributed by atoms with E-state index in [1.165, 1.54) is 0 Å². The number of nitrogens with two attached hydrogens (primary N) is 1. The lowest BCUT2D eigenvalue weighted by Gasteiger charge is -2.51. The fourth-order valence-corrected chi connectivity index (χ4v) is 6.84. The highest BCUT2D eigenvalue weighted by Crippen LogP contribution is 2.52. The number of rotatable bonds is 10. The standard InChI is InChI=1S/C33H38ClN5O4/c1-22(2)38(21-36-35)28-11-9-25(34)19-26(28)24-8-10-29(39(43)20-24)27(18-23-6-4-3-5-7-23)30(40)37-33-15-12-32(13-16-33,14-17-33)31(41)42/h3-11,19-22,27H,12-18,35H2,1-2H3,(H2-,37,40,41,42,43)/p+1/b36-21-. The van der Waals surface area contributed by atoms with Crippen LogP contribution in [0.25, 0.3) is 11.1 Å². The molecule has 1 amide bonds. The quantitative estimate of drug-likeness (QED) is 0.0623. The zero-order chi connectivity index (χ0) is 30.8. The second-order valence-corrected chi connectivity index (χ2v) is 12.6. The summed E-state index contributed by atoms with van der Waals surface area (Å²) in [4.78, 5) is 27.9. The largest absolute Gasteiger partial charge is 0.481 e. The highest BCUT2D eigenvalue weighted by Gasteiger charge is 2.53. The Morgan fingerprint density at radius 3 is 2.33 bits per heavy atom. The molecule has 226 valence electrons. The van der Waals surface area contributed by atoms with E-state index >= 15 is 0 Å². The van der Waals surface area contributed by atoms with Gasteiger partial charge in [0.25, 0.3) is 0 Å². The molecule has 43 heavy (non-hydrogen) atoms. The molecule has 3 saturated carbocycles. The predicted molar refractivity (Wildman–Crippen MR) is 166 cm³/mol. The summed E-state index contributed by atoms with van der Waals surface area (Å²) >= 11 is 6.40. The van der Waals surface area contributed by atoms with Gasteiger partial charge in [0.2, 0.25) is 17.8 Å². The zero-order valence-corrected chi connectivity index (χ0v) is 25.3. The van der Waals surface area contributed by atoms with E-state index in [0.29, 0.717) is 61.2 Å². The summed E-state index contributed by atoms with van der Waals surface area (Å²) in [5.41, 5.74) is 2.59. The molecular formula is C33H39ClN5O4+. The van der Waals surface area contributed by atoms with Gasteiger partial charge in [-0.25, -0.2) is 0 Å². The number of hydrogen-bond acceptors (Lipinski definition) is 5. The molecule has 0 saturated heterocycles. The number of carbonyl (C=O) groups is 2. The Morgan fingerprint density at radius 2 is 1.74 bits per heavy atom. The number of halogens is 1. The van der Waals surface area contributed by atoms with Crippen LogP contribution in [0.5, 0.6) is 0 Å². The summed E-state index contributed by atoms with van der Waals surface area (Å²) in [5.74, 6) is 3.90. The van der Waals surface area contributed by atoms with Gasteiger partial charge in [-0.05, 0) is 88.6 Å². The normalized spacial score (nSPS) is 22.0. The fraction of sp³-hybridized carbons (Fsp3) is 0.394. The molecule has 2 aromatic carbocycles. The maximum absolute atomic E-state index is 14.1. The Bertz CT molecular complexity index is 1500. The third kappa shape index (κ3) is 6.18. The van der Waals surface area contributed by atoms with Gasteiger partial charge in [0.15, 0.2) is 0 Å². The predicted octanol–water partition coefficient (Wildman–Crippen LogP) is 5.27. The van der Waals surface area contributed by atoms with Crippen LogP contribution < -0.4 is 20.8 Å². The number of aromatic nitrogens is 1. The number of fused-ring (bicyclic) bond motifs is 3. The lowest BCUT2D eigenvalue weighted by molar-refractivity contribution is -0.909. The maximum atomic E-state index is 14.1. The first-order valence-electron chi connectivity index (χ1n) is 14.7. The van der Waals surface area contributed by atoms with E-state index in [9.17, 15) is 19.9 Å². The average molecular weight is 605 g/mol. The van der Waals surface area contributed by atoms with Crippen molar-refractivity contribution in [2.45, 2.75) is 76.3 Å². The van der Waals surface area contributed by atoms with Crippen LogP contribution in [0, 0.1) is 5.41 Å². The smallest absolute Gasteiger partial charge is 0.309 e. The number of anilines is 1. The van der Waals surface area contributed by atoms with E-state index in [-0.39, 0.29) is 11.9 Å². The second kappa shape index (κ2) is 12.2.